The second-order valence-corrected chi connectivity index (χ2v) is 8.79. The minimum atomic E-state index is -1.89. The summed E-state index contributed by atoms with van der Waals surface area (Å²) in [5.74, 6) is -1.25. The SMILES string of the molecule is C=C[C@H]1[C@H](O[C@@H]2O[C@H](CO[C@@H]3OC[C@](O)(CO)[C@H]3O)[C@@H](O)[C@H](O)[C@H]2O)OC=C2C(=O)OCC[C@H]21. The van der Waals surface area contributed by atoms with Crippen LogP contribution in [-0.4, -0.2) is 118 Å². The Bertz CT molecular complexity index is 789. The Kier molecular flexibility index (Phi) is 7.59. The van der Waals surface area contributed by atoms with E-state index in [4.69, 9.17) is 28.4 Å². The van der Waals surface area contributed by atoms with Gasteiger partial charge < -0.3 is 59.1 Å². The normalized spacial score (nSPS) is 46.8. The van der Waals surface area contributed by atoms with E-state index in [-0.39, 0.29) is 19.1 Å². The van der Waals surface area contributed by atoms with E-state index in [0.717, 1.165) is 0 Å². The second-order valence-electron chi connectivity index (χ2n) is 8.79. The van der Waals surface area contributed by atoms with Crippen LogP contribution in [0.5, 0.6) is 0 Å². The number of ether oxygens (including phenoxy) is 6. The van der Waals surface area contributed by atoms with Gasteiger partial charge in [0, 0.05) is 11.8 Å². The average Bonchev–Trinajstić information content (AvgIpc) is 3.12. The first-order valence-electron chi connectivity index (χ1n) is 10.9. The largest absolute Gasteiger partial charge is 0.471 e. The van der Waals surface area contributed by atoms with E-state index >= 15 is 0 Å². The zero-order valence-corrected chi connectivity index (χ0v) is 18.2. The molecular weight excluding hydrogens is 460 g/mol. The standard InChI is InChI=1S/C21H30O13/c1-2-9-10-3-4-29-17(27)11(10)5-30-18(9)34-19-15(25)14(24)13(23)12(33-19)6-31-20-16(26)21(28,7-22)8-32-20/h2,5,9-10,12-16,18-20,22-26,28H,1,3-4,6-8H2/t9-,10+,12-,13-,14+,15-,16+,18+,19+,20-,21-/m1/s1. The van der Waals surface area contributed by atoms with Crippen molar-refractivity contribution >= 4 is 5.97 Å². The van der Waals surface area contributed by atoms with Crippen LogP contribution in [-0.2, 0) is 33.2 Å². The third-order valence-electron chi connectivity index (χ3n) is 6.62. The minimum Gasteiger partial charge on any atom is -0.471 e. The molecule has 0 bridgehead atoms. The van der Waals surface area contributed by atoms with Gasteiger partial charge in [0.15, 0.2) is 12.6 Å². The Morgan fingerprint density at radius 2 is 1.91 bits per heavy atom. The Hall–Kier alpha value is -1.65. The van der Waals surface area contributed by atoms with Crippen molar-refractivity contribution in [2.24, 2.45) is 11.8 Å². The third-order valence-corrected chi connectivity index (χ3v) is 6.62. The highest BCUT2D eigenvalue weighted by Gasteiger charge is 2.51. The van der Waals surface area contributed by atoms with Crippen LogP contribution in [0.2, 0.25) is 0 Å². The molecule has 0 spiro atoms. The molecule has 192 valence electrons. The number of esters is 1. The monoisotopic (exact) mass is 490 g/mol. The second kappa shape index (κ2) is 10.1. The average molecular weight is 490 g/mol. The molecule has 4 aliphatic rings. The van der Waals surface area contributed by atoms with Gasteiger partial charge in [0.2, 0.25) is 6.29 Å². The predicted octanol–water partition coefficient (Wildman–Crippen LogP) is -3.13. The van der Waals surface area contributed by atoms with Crippen LogP contribution in [0.4, 0.5) is 0 Å². The lowest BCUT2D eigenvalue weighted by Crippen LogP contribution is -2.60. The van der Waals surface area contributed by atoms with Crippen molar-refractivity contribution in [3.05, 3.63) is 24.5 Å². The first kappa shape index (κ1) is 25.4. The zero-order valence-electron chi connectivity index (χ0n) is 18.2. The molecule has 3 fully saturated rings. The molecule has 0 radical (unpaired) electrons. The number of rotatable bonds is 7. The van der Waals surface area contributed by atoms with E-state index in [0.29, 0.717) is 12.0 Å². The fraction of sp³-hybridized carbons (Fsp3) is 0.762. The maximum absolute atomic E-state index is 12.0. The van der Waals surface area contributed by atoms with E-state index < -0.39 is 80.1 Å². The minimum absolute atomic E-state index is 0.227. The summed E-state index contributed by atoms with van der Waals surface area (Å²) in [6, 6.07) is 0. The van der Waals surface area contributed by atoms with Gasteiger partial charge in [0.05, 0.1) is 38.3 Å². The van der Waals surface area contributed by atoms with Crippen molar-refractivity contribution in [3.63, 3.8) is 0 Å². The lowest BCUT2D eigenvalue weighted by atomic mass is 9.81. The van der Waals surface area contributed by atoms with Crippen molar-refractivity contribution in [2.45, 2.75) is 61.4 Å². The summed E-state index contributed by atoms with van der Waals surface area (Å²) in [6.45, 7) is 2.47. The van der Waals surface area contributed by atoms with E-state index in [1.807, 2.05) is 0 Å². The zero-order chi connectivity index (χ0) is 24.6. The summed E-state index contributed by atoms with van der Waals surface area (Å²) in [7, 11) is 0. The highest BCUT2D eigenvalue weighted by molar-refractivity contribution is 5.89. The van der Waals surface area contributed by atoms with Gasteiger partial charge in [0.25, 0.3) is 0 Å². The van der Waals surface area contributed by atoms with E-state index in [2.05, 4.69) is 6.58 Å². The molecule has 6 N–H and O–H groups in total. The molecule has 34 heavy (non-hydrogen) atoms. The summed E-state index contributed by atoms with van der Waals surface area (Å²) in [4.78, 5) is 12.0. The molecule has 3 saturated heterocycles. The highest BCUT2D eigenvalue weighted by atomic mass is 16.8. The lowest BCUT2D eigenvalue weighted by Gasteiger charge is -2.44. The highest BCUT2D eigenvalue weighted by Crippen LogP contribution is 2.38. The number of hydrogen-bond acceptors (Lipinski definition) is 13. The van der Waals surface area contributed by atoms with Crippen LogP contribution in [0.25, 0.3) is 0 Å². The smallest absolute Gasteiger partial charge is 0.337 e. The first-order chi connectivity index (χ1) is 16.2. The molecule has 13 nitrogen and oxygen atoms in total. The van der Waals surface area contributed by atoms with Crippen LogP contribution in [0.3, 0.4) is 0 Å². The quantitative estimate of drug-likeness (QED) is 0.155. The number of carbonyl (C=O) groups excluding carboxylic acids is 1. The summed E-state index contributed by atoms with van der Waals surface area (Å²) in [5, 5.41) is 60.4. The van der Waals surface area contributed by atoms with Gasteiger partial charge >= 0.3 is 5.97 Å². The molecule has 0 saturated carbocycles. The van der Waals surface area contributed by atoms with Crippen molar-refractivity contribution < 1.29 is 63.9 Å². The van der Waals surface area contributed by atoms with Gasteiger partial charge in [0.1, 0.15) is 36.1 Å². The number of hydrogen-bond donors (Lipinski definition) is 6. The topological polar surface area (TPSA) is 194 Å². The van der Waals surface area contributed by atoms with Crippen LogP contribution in [0.1, 0.15) is 6.42 Å². The third kappa shape index (κ3) is 4.60. The summed E-state index contributed by atoms with van der Waals surface area (Å²) in [6.07, 6.45) is -8.14. The Labute approximate surface area is 194 Å². The molecule has 11 atom stereocenters. The van der Waals surface area contributed by atoms with Crippen molar-refractivity contribution in [1.82, 2.24) is 0 Å². The van der Waals surface area contributed by atoms with Gasteiger partial charge in [-0.2, -0.15) is 0 Å². The molecule has 0 unspecified atom stereocenters. The Morgan fingerprint density at radius 1 is 1.15 bits per heavy atom. The maximum Gasteiger partial charge on any atom is 0.337 e. The molecule has 4 aliphatic heterocycles. The predicted molar refractivity (Wildman–Crippen MR) is 107 cm³/mol. The van der Waals surface area contributed by atoms with Crippen molar-refractivity contribution in [1.29, 1.82) is 0 Å². The lowest BCUT2D eigenvalue weighted by molar-refractivity contribution is -0.344. The van der Waals surface area contributed by atoms with Gasteiger partial charge in [-0.25, -0.2) is 4.79 Å². The summed E-state index contributed by atoms with van der Waals surface area (Å²) < 4.78 is 32.5. The Balaban J connectivity index is 1.41. The fourth-order valence-electron chi connectivity index (χ4n) is 4.45. The first-order valence-corrected chi connectivity index (χ1v) is 10.9. The molecule has 0 amide bonds. The van der Waals surface area contributed by atoms with E-state index in [9.17, 15) is 35.4 Å². The van der Waals surface area contributed by atoms with Crippen molar-refractivity contribution in [2.75, 3.05) is 26.4 Å². The van der Waals surface area contributed by atoms with Crippen molar-refractivity contribution in [3.8, 4) is 0 Å². The summed E-state index contributed by atoms with van der Waals surface area (Å²) >= 11 is 0. The van der Waals surface area contributed by atoms with Crippen LogP contribution in [0.15, 0.2) is 24.5 Å². The van der Waals surface area contributed by atoms with E-state index in [1.54, 1.807) is 6.08 Å². The number of aliphatic hydroxyl groups excluding tert-OH is 5. The van der Waals surface area contributed by atoms with Gasteiger partial charge in [-0.05, 0) is 6.42 Å². The number of fused-ring (bicyclic) bond motifs is 1. The Morgan fingerprint density at radius 3 is 2.59 bits per heavy atom. The van der Waals surface area contributed by atoms with Gasteiger partial charge in [-0.3, -0.25) is 0 Å². The summed E-state index contributed by atoms with van der Waals surface area (Å²) in [5.41, 5.74) is -1.55. The van der Waals surface area contributed by atoms with Crippen LogP contribution < -0.4 is 0 Å². The molecule has 0 aromatic heterocycles. The van der Waals surface area contributed by atoms with Gasteiger partial charge in [-0.1, -0.05) is 6.08 Å². The molecule has 0 aromatic carbocycles. The van der Waals surface area contributed by atoms with E-state index in [1.165, 1.54) is 6.26 Å². The maximum atomic E-state index is 12.0. The number of carbonyl (C=O) groups is 1. The van der Waals surface area contributed by atoms with Crippen LogP contribution >= 0.6 is 0 Å². The number of cyclic esters (lactones) is 1. The molecule has 0 aromatic rings. The molecule has 4 heterocycles. The number of aliphatic hydroxyl groups is 6. The molecule has 4 rings (SSSR count). The fourth-order valence-corrected chi connectivity index (χ4v) is 4.45. The molecular formula is C21H30O13. The molecule has 0 aliphatic carbocycles. The van der Waals surface area contributed by atoms with Gasteiger partial charge in [-0.15, -0.1) is 6.58 Å². The van der Waals surface area contributed by atoms with Crippen LogP contribution in [0, 0.1) is 11.8 Å². The molecule has 13 heteroatoms.